The van der Waals surface area contributed by atoms with Crippen LogP contribution in [0.25, 0.3) is 65.3 Å². The van der Waals surface area contributed by atoms with E-state index in [9.17, 15) is 0 Å². The normalized spacial score (nSPS) is 12.2. The zero-order chi connectivity index (χ0) is 50.4. The van der Waals surface area contributed by atoms with Crippen molar-refractivity contribution < 1.29 is 0 Å². The van der Waals surface area contributed by atoms with E-state index >= 15 is 0 Å². The van der Waals surface area contributed by atoms with Crippen molar-refractivity contribution in [1.82, 2.24) is 0 Å². The van der Waals surface area contributed by atoms with Gasteiger partial charge in [-0.2, -0.15) is 0 Å². The molecule has 0 aromatic heterocycles. The van der Waals surface area contributed by atoms with Crippen LogP contribution in [0.1, 0.15) is 86.1 Å². The lowest BCUT2D eigenvalue weighted by Crippen LogP contribution is -2.16. The number of rotatable bonds is 8. The predicted molar refractivity (Wildman–Crippen MR) is 314 cm³/mol. The molecule has 356 valence electrons. The largest absolute Gasteiger partial charge is 0.310 e. The minimum absolute atomic E-state index is 0.0373. The lowest BCUT2D eigenvalue weighted by molar-refractivity contribution is 0.589. The SMILES string of the molecule is Cc1ccc(N(c2ccc(-c3ccc(N(c4ccc(-c5ccc6c7cccc8c(C)ccc(c9cccc5c96)c87)cc4)c4c(C)cc(C(C)(C)C)cc4C)cc3)cc2)c2c(C)cc(C(C)(C)C)cc2C)cc1. The van der Waals surface area contributed by atoms with Gasteiger partial charge in [-0.25, -0.2) is 0 Å². The van der Waals surface area contributed by atoms with Crippen LogP contribution in [-0.2, 0) is 10.8 Å². The van der Waals surface area contributed by atoms with Crippen LogP contribution in [0.4, 0.5) is 34.1 Å². The molecule has 0 fully saturated rings. The number of benzene rings is 11. The number of aryl methyl sites for hydroxylation is 6. The summed E-state index contributed by atoms with van der Waals surface area (Å²) in [5.41, 5.74) is 22.3. The molecule has 0 amide bonds. The number of anilines is 6. The highest BCUT2D eigenvalue weighted by Crippen LogP contribution is 2.47. The highest BCUT2D eigenvalue weighted by Gasteiger charge is 2.24. The summed E-state index contributed by atoms with van der Waals surface area (Å²) < 4.78 is 0. The molecule has 0 saturated heterocycles. The van der Waals surface area contributed by atoms with E-state index in [1.54, 1.807) is 0 Å². The van der Waals surface area contributed by atoms with Gasteiger partial charge in [-0.3, -0.25) is 0 Å². The number of hydrogen-bond donors (Lipinski definition) is 0. The summed E-state index contributed by atoms with van der Waals surface area (Å²) in [6, 6.07) is 68.9. The number of fused-ring (bicyclic) bond motifs is 2. The first kappa shape index (κ1) is 46.7. The smallest absolute Gasteiger partial charge is 0.0520 e. The van der Waals surface area contributed by atoms with Crippen LogP contribution < -0.4 is 9.80 Å². The average molecular weight is 935 g/mol. The third-order valence-corrected chi connectivity index (χ3v) is 15.4. The Kier molecular flexibility index (Phi) is 11.4. The lowest BCUT2D eigenvalue weighted by Gasteiger charge is -2.31. The van der Waals surface area contributed by atoms with Crippen LogP contribution in [0, 0.1) is 41.5 Å². The van der Waals surface area contributed by atoms with E-state index in [0.29, 0.717) is 0 Å². The van der Waals surface area contributed by atoms with E-state index in [1.807, 2.05) is 0 Å². The Balaban J connectivity index is 0.971. The molecule has 11 aromatic carbocycles. The van der Waals surface area contributed by atoms with Gasteiger partial charge in [-0.1, -0.05) is 181 Å². The van der Waals surface area contributed by atoms with Gasteiger partial charge in [0.15, 0.2) is 0 Å². The van der Waals surface area contributed by atoms with Crippen LogP contribution in [0.5, 0.6) is 0 Å². The van der Waals surface area contributed by atoms with Gasteiger partial charge in [0.05, 0.1) is 11.4 Å². The Morgan fingerprint density at radius 3 is 1.04 bits per heavy atom. The Morgan fingerprint density at radius 2 is 0.625 bits per heavy atom. The van der Waals surface area contributed by atoms with Gasteiger partial charge in [0, 0.05) is 22.7 Å². The monoisotopic (exact) mass is 935 g/mol. The first-order valence-corrected chi connectivity index (χ1v) is 25.7. The second-order valence-electron chi connectivity index (χ2n) is 22.6. The van der Waals surface area contributed by atoms with Crippen LogP contribution >= 0.6 is 0 Å². The first-order valence-electron chi connectivity index (χ1n) is 25.7. The van der Waals surface area contributed by atoms with Crippen LogP contribution in [0.3, 0.4) is 0 Å². The van der Waals surface area contributed by atoms with Crippen molar-refractivity contribution in [2.45, 2.75) is 93.9 Å². The summed E-state index contributed by atoms with van der Waals surface area (Å²) >= 11 is 0. The summed E-state index contributed by atoms with van der Waals surface area (Å²) in [6.45, 7) is 27.2. The van der Waals surface area contributed by atoms with Crippen molar-refractivity contribution in [3.63, 3.8) is 0 Å². The summed E-state index contributed by atoms with van der Waals surface area (Å²) in [5, 5.41) is 10.6. The average Bonchev–Trinajstić information content (AvgIpc) is 3.36. The Hall–Kier alpha value is -7.68. The maximum atomic E-state index is 2.46. The molecule has 0 heterocycles. The second-order valence-corrected chi connectivity index (χ2v) is 22.6. The number of hydrogen-bond acceptors (Lipinski definition) is 2. The Morgan fingerprint density at radius 1 is 0.292 bits per heavy atom. The fourth-order valence-electron chi connectivity index (χ4n) is 11.5. The minimum Gasteiger partial charge on any atom is -0.310 e. The van der Waals surface area contributed by atoms with Crippen LogP contribution in [0.15, 0.2) is 182 Å². The predicted octanol–water partition coefficient (Wildman–Crippen LogP) is 20.5. The highest BCUT2D eigenvalue weighted by atomic mass is 15.2. The fraction of sp³-hybridized carbons (Fsp3) is 0.200. The van der Waals surface area contributed by atoms with E-state index < -0.39 is 0 Å². The molecule has 0 saturated carbocycles. The van der Waals surface area contributed by atoms with Crippen molar-refractivity contribution in [2.75, 3.05) is 9.80 Å². The van der Waals surface area contributed by atoms with E-state index in [2.05, 4.69) is 275 Å². The van der Waals surface area contributed by atoms with Crippen molar-refractivity contribution >= 4 is 77.2 Å². The molecule has 2 heteroatoms. The van der Waals surface area contributed by atoms with Crippen molar-refractivity contribution in [3.8, 4) is 22.3 Å². The first-order chi connectivity index (χ1) is 34.4. The molecule has 0 bridgehead atoms. The quantitative estimate of drug-likeness (QED) is 0.111. The minimum atomic E-state index is 0.0373. The Bertz CT molecular complexity index is 3770. The molecule has 72 heavy (non-hydrogen) atoms. The van der Waals surface area contributed by atoms with E-state index in [0.717, 1.165) is 22.7 Å². The number of nitrogens with zero attached hydrogens (tertiary/aromatic N) is 2. The topological polar surface area (TPSA) is 6.48 Å². The third-order valence-electron chi connectivity index (χ3n) is 15.4. The van der Waals surface area contributed by atoms with Gasteiger partial charge in [-0.15, -0.1) is 0 Å². The van der Waals surface area contributed by atoms with E-state index in [-0.39, 0.29) is 10.8 Å². The van der Waals surface area contributed by atoms with Crippen LogP contribution in [-0.4, -0.2) is 0 Å². The molecule has 0 unspecified atom stereocenters. The molecule has 0 aliphatic rings. The van der Waals surface area contributed by atoms with Crippen molar-refractivity contribution in [1.29, 1.82) is 0 Å². The summed E-state index contributed by atoms with van der Waals surface area (Å²) in [5.74, 6) is 0. The second kappa shape index (κ2) is 17.6. The molecule has 0 radical (unpaired) electrons. The van der Waals surface area contributed by atoms with Gasteiger partial charge in [0.2, 0.25) is 0 Å². The van der Waals surface area contributed by atoms with Crippen molar-refractivity contribution in [2.24, 2.45) is 0 Å². The highest BCUT2D eigenvalue weighted by molar-refractivity contribution is 6.34. The summed E-state index contributed by atoms with van der Waals surface area (Å²) in [4.78, 5) is 4.88. The third kappa shape index (κ3) is 8.08. The van der Waals surface area contributed by atoms with E-state index in [4.69, 9.17) is 0 Å². The van der Waals surface area contributed by atoms with Gasteiger partial charge in [-0.05, 0) is 205 Å². The molecule has 11 aromatic rings. The van der Waals surface area contributed by atoms with Crippen molar-refractivity contribution in [3.05, 3.63) is 226 Å². The van der Waals surface area contributed by atoms with Gasteiger partial charge >= 0.3 is 0 Å². The molecular formula is C70H66N2. The molecule has 0 aliphatic carbocycles. The lowest BCUT2D eigenvalue weighted by atomic mass is 9.84. The van der Waals surface area contributed by atoms with Gasteiger partial charge in [0.1, 0.15) is 0 Å². The maximum absolute atomic E-state index is 2.46. The maximum Gasteiger partial charge on any atom is 0.0520 e. The zero-order valence-corrected chi connectivity index (χ0v) is 44.2. The Labute approximate surface area is 427 Å². The molecular weight excluding hydrogens is 869 g/mol. The zero-order valence-electron chi connectivity index (χ0n) is 44.2. The molecule has 2 nitrogen and oxygen atoms in total. The van der Waals surface area contributed by atoms with E-state index in [1.165, 1.54) is 121 Å². The van der Waals surface area contributed by atoms with Gasteiger partial charge in [0.25, 0.3) is 0 Å². The molecule has 0 aliphatic heterocycles. The van der Waals surface area contributed by atoms with Crippen LogP contribution in [0.2, 0.25) is 0 Å². The summed E-state index contributed by atoms with van der Waals surface area (Å²) in [7, 11) is 0. The molecule has 11 rings (SSSR count). The summed E-state index contributed by atoms with van der Waals surface area (Å²) in [6.07, 6.45) is 0. The standard InChI is InChI=1S/C70H66N2/c1-43-19-28-54(29-20-43)71(67-45(3)39-52(40-46(67)4)69(7,8)9)55-30-22-49(23-31-55)50-24-32-56(33-25-50)72(68-47(5)41-53(42-48(68)6)70(10,11)12)57-34-26-51(27-35-57)59-37-38-64-61-17-13-15-58-44(2)21-36-63(65(58)61)62-18-14-16-60(59)66(62)64/h13-42H,1-12H3. The fourth-order valence-corrected chi connectivity index (χ4v) is 11.5. The van der Waals surface area contributed by atoms with Gasteiger partial charge < -0.3 is 9.80 Å². The molecule has 0 atom stereocenters. The molecule has 0 N–H and O–H groups in total. The molecule has 0 spiro atoms.